The number of amides is 1. The molecule has 21 heavy (non-hydrogen) atoms. The van der Waals surface area contributed by atoms with Crippen molar-refractivity contribution < 1.29 is 18.0 Å². The Kier molecular flexibility index (Phi) is 5.09. The molecular formula is C15H19F3N2O. The highest BCUT2D eigenvalue weighted by atomic mass is 19.2. The van der Waals surface area contributed by atoms with Crippen LogP contribution in [0.4, 0.5) is 18.9 Å². The van der Waals surface area contributed by atoms with Crippen molar-refractivity contribution in [1.29, 1.82) is 0 Å². The van der Waals surface area contributed by atoms with Gasteiger partial charge in [0.05, 0.1) is 12.2 Å². The third-order valence-electron chi connectivity index (χ3n) is 3.93. The Bertz CT molecular complexity index is 522. The molecule has 3 nitrogen and oxygen atoms in total. The van der Waals surface area contributed by atoms with Crippen LogP contribution >= 0.6 is 0 Å². The maximum absolute atomic E-state index is 13.4. The van der Waals surface area contributed by atoms with Crippen LogP contribution in [0.15, 0.2) is 12.1 Å². The summed E-state index contributed by atoms with van der Waals surface area (Å²) < 4.78 is 39.3. The van der Waals surface area contributed by atoms with Gasteiger partial charge in [-0.15, -0.1) is 0 Å². The number of benzene rings is 1. The zero-order valence-electron chi connectivity index (χ0n) is 11.9. The molecule has 2 atom stereocenters. The van der Waals surface area contributed by atoms with Gasteiger partial charge in [-0.3, -0.25) is 4.79 Å². The van der Waals surface area contributed by atoms with Crippen molar-refractivity contribution in [3.8, 4) is 0 Å². The fraction of sp³-hybridized carbons (Fsp3) is 0.533. The summed E-state index contributed by atoms with van der Waals surface area (Å²) in [5.74, 6) is -3.96. The molecule has 0 aliphatic heterocycles. The van der Waals surface area contributed by atoms with Gasteiger partial charge in [-0.05, 0) is 30.9 Å². The van der Waals surface area contributed by atoms with Crippen molar-refractivity contribution in [3.05, 3.63) is 29.6 Å². The summed E-state index contributed by atoms with van der Waals surface area (Å²) in [5.41, 5.74) is -0.222. The summed E-state index contributed by atoms with van der Waals surface area (Å²) in [5, 5.41) is 5.38. The van der Waals surface area contributed by atoms with Crippen LogP contribution < -0.4 is 10.6 Å². The number of hydrogen-bond donors (Lipinski definition) is 2. The van der Waals surface area contributed by atoms with Crippen LogP contribution in [0.3, 0.4) is 0 Å². The lowest BCUT2D eigenvalue weighted by Crippen LogP contribution is -2.43. The third-order valence-corrected chi connectivity index (χ3v) is 3.93. The summed E-state index contributed by atoms with van der Waals surface area (Å²) in [6.45, 7) is 1.91. The molecule has 0 aromatic heterocycles. The van der Waals surface area contributed by atoms with Gasteiger partial charge in [-0.25, -0.2) is 13.2 Å². The molecule has 0 bridgehead atoms. The van der Waals surface area contributed by atoms with E-state index in [9.17, 15) is 18.0 Å². The quantitative estimate of drug-likeness (QED) is 0.838. The zero-order chi connectivity index (χ0) is 15.4. The molecule has 2 rings (SSSR count). The zero-order valence-corrected chi connectivity index (χ0v) is 11.9. The molecule has 1 aliphatic rings. The van der Waals surface area contributed by atoms with Crippen LogP contribution in [0, 0.1) is 23.4 Å². The molecule has 0 saturated heterocycles. The number of carbonyl (C=O) groups excluding carboxylic acids is 1. The molecule has 1 fully saturated rings. The first-order valence-corrected chi connectivity index (χ1v) is 7.15. The Balaban J connectivity index is 1.88. The predicted octanol–water partition coefficient (Wildman–Crippen LogP) is 3.21. The van der Waals surface area contributed by atoms with Gasteiger partial charge in [0, 0.05) is 6.04 Å². The molecule has 1 aromatic carbocycles. The van der Waals surface area contributed by atoms with E-state index >= 15 is 0 Å². The summed E-state index contributed by atoms with van der Waals surface area (Å²) >= 11 is 0. The summed E-state index contributed by atoms with van der Waals surface area (Å²) in [4.78, 5) is 11.8. The van der Waals surface area contributed by atoms with Gasteiger partial charge in [-0.2, -0.15) is 0 Å². The summed E-state index contributed by atoms with van der Waals surface area (Å²) in [6, 6.07) is 2.02. The second-order valence-electron chi connectivity index (χ2n) is 5.51. The van der Waals surface area contributed by atoms with Crippen molar-refractivity contribution in [2.24, 2.45) is 5.92 Å². The monoisotopic (exact) mass is 300 g/mol. The molecule has 6 heteroatoms. The van der Waals surface area contributed by atoms with Crippen molar-refractivity contribution in [1.82, 2.24) is 5.32 Å². The first-order chi connectivity index (χ1) is 9.99. The lowest BCUT2D eigenvalue weighted by molar-refractivity contribution is -0.120. The molecule has 0 heterocycles. The van der Waals surface area contributed by atoms with E-state index in [0.717, 1.165) is 31.4 Å². The summed E-state index contributed by atoms with van der Waals surface area (Å²) in [7, 11) is 0. The molecule has 2 unspecified atom stereocenters. The van der Waals surface area contributed by atoms with Crippen LogP contribution in [0.1, 0.15) is 32.6 Å². The van der Waals surface area contributed by atoms with Gasteiger partial charge in [0.15, 0.2) is 17.5 Å². The van der Waals surface area contributed by atoms with Gasteiger partial charge in [-0.1, -0.05) is 19.8 Å². The van der Waals surface area contributed by atoms with Crippen molar-refractivity contribution in [2.75, 3.05) is 11.9 Å². The molecule has 116 valence electrons. The van der Waals surface area contributed by atoms with Crippen molar-refractivity contribution in [3.63, 3.8) is 0 Å². The molecule has 1 aliphatic carbocycles. The van der Waals surface area contributed by atoms with Gasteiger partial charge < -0.3 is 10.6 Å². The van der Waals surface area contributed by atoms with E-state index in [1.165, 1.54) is 6.42 Å². The highest BCUT2D eigenvalue weighted by molar-refractivity contribution is 5.81. The maximum atomic E-state index is 13.4. The molecule has 0 spiro atoms. The molecule has 0 radical (unpaired) electrons. The molecule has 1 aromatic rings. The highest BCUT2D eigenvalue weighted by Crippen LogP contribution is 2.23. The number of carbonyl (C=O) groups is 1. The summed E-state index contributed by atoms with van der Waals surface area (Å²) in [6.07, 6.45) is 4.27. The van der Waals surface area contributed by atoms with Crippen molar-refractivity contribution in [2.45, 2.75) is 38.6 Å². The van der Waals surface area contributed by atoms with E-state index < -0.39 is 17.5 Å². The first kappa shape index (κ1) is 15.7. The molecule has 2 N–H and O–H groups in total. The first-order valence-electron chi connectivity index (χ1n) is 7.15. The smallest absolute Gasteiger partial charge is 0.239 e. The van der Waals surface area contributed by atoms with Gasteiger partial charge in [0.2, 0.25) is 5.91 Å². The number of rotatable bonds is 4. The lowest BCUT2D eigenvalue weighted by atomic mass is 9.86. The van der Waals surface area contributed by atoms with Crippen LogP contribution in [0.5, 0.6) is 0 Å². The van der Waals surface area contributed by atoms with Gasteiger partial charge in [0.1, 0.15) is 0 Å². The number of anilines is 1. The fourth-order valence-electron chi connectivity index (χ4n) is 2.63. The Labute approximate surface area is 121 Å². The highest BCUT2D eigenvalue weighted by Gasteiger charge is 2.22. The Hall–Kier alpha value is -1.72. The predicted molar refractivity (Wildman–Crippen MR) is 74.4 cm³/mol. The second-order valence-corrected chi connectivity index (χ2v) is 5.51. The number of halogens is 3. The number of hydrogen-bond acceptors (Lipinski definition) is 2. The molecule has 1 saturated carbocycles. The van der Waals surface area contributed by atoms with Crippen LogP contribution in [0.25, 0.3) is 0 Å². The Morgan fingerprint density at radius 2 is 1.90 bits per heavy atom. The minimum absolute atomic E-state index is 0.128. The van der Waals surface area contributed by atoms with E-state index in [2.05, 4.69) is 17.6 Å². The van der Waals surface area contributed by atoms with Crippen LogP contribution in [-0.4, -0.2) is 18.5 Å². The Morgan fingerprint density at radius 1 is 1.19 bits per heavy atom. The minimum Gasteiger partial charge on any atom is -0.374 e. The average molecular weight is 300 g/mol. The van der Waals surface area contributed by atoms with E-state index in [0.29, 0.717) is 5.92 Å². The van der Waals surface area contributed by atoms with E-state index in [-0.39, 0.29) is 24.2 Å². The van der Waals surface area contributed by atoms with Crippen LogP contribution in [-0.2, 0) is 4.79 Å². The third kappa shape index (κ3) is 3.89. The topological polar surface area (TPSA) is 41.1 Å². The van der Waals surface area contributed by atoms with Crippen LogP contribution in [0.2, 0.25) is 0 Å². The largest absolute Gasteiger partial charge is 0.374 e. The normalized spacial score (nSPS) is 21.9. The standard InChI is InChI=1S/C15H19F3N2O/c1-9-4-2-3-5-11(9)20-13(21)8-19-12-7-6-10(16)14(17)15(12)18/h6-7,9,11,19H,2-5,8H2,1H3,(H,20,21). The van der Waals surface area contributed by atoms with E-state index in [4.69, 9.17) is 0 Å². The minimum atomic E-state index is -1.54. The maximum Gasteiger partial charge on any atom is 0.239 e. The molecular weight excluding hydrogens is 281 g/mol. The van der Waals surface area contributed by atoms with E-state index in [1.807, 2.05) is 0 Å². The molecule has 1 amide bonds. The second kappa shape index (κ2) is 6.83. The Morgan fingerprint density at radius 3 is 2.62 bits per heavy atom. The van der Waals surface area contributed by atoms with Gasteiger partial charge in [0.25, 0.3) is 0 Å². The van der Waals surface area contributed by atoms with Crippen molar-refractivity contribution >= 4 is 11.6 Å². The van der Waals surface area contributed by atoms with E-state index in [1.54, 1.807) is 0 Å². The average Bonchev–Trinajstić information content (AvgIpc) is 2.46. The SMILES string of the molecule is CC1CCCCC1NC(=O)CNc1ccc(F)c(F)c1F. The fourth-order valence-corrected chi connectivity index (χ4v) is 2.63. The number of nitrogens with one attached hydrogen (secondary N) is 2. The lowest BCUT2D eigenvalue weighted by Gasteiger charge is -2.29. The van der Waals surface area contributed by atoms with Gasteiger partial charge >= 0.3 is 0 Å².